The molecule has 0 heterocycles. The fraction of sp³-hybridized carbons (Fsp3) is 1.00. The van der Waals surface area contributed by atoms with E-state index in [1.165, 1.54) is 19.4 Å². The van der Waals surface area contributed by atoms with E-state index in [-0.39, 0.29) is 0 Å². The molecule has 0 aliphatic heterocycles. The van der Waals surface area contributed by atoms with E-state index < -0.39 is 0 Å². The maximum atomic E-state index is 2.33. The van der Waals surface area contributed by atoms with Crippen LogP contribution in [-0.4, -0.2) is 25.5 Å². The van der Waals surface area contributed by atoms with Crippen LogP contribution in [0.5, 0.6) is 0 Å². The normalized spacial score (nSPS) is 12.6. The second-order valence-corrected chi connectivity index (χ2v) is 4.15. The Kier molecular flexibility index (Phi) is 3.95. The molecular formula is C9H21N. The van der Waals surface area contributed by atoms with Gasteiger partial charge in [0.2, 0.25) is 0 Å². The zero-order chi connectivity index (χ0) is 8.20. The van der Waals surface area contributed by atoms with Gasteiger partial charge in [0.1, 0.15) is 0 Å². The summed E-state index contributed by atoms with van der Waals surface area (Å²) in [5, 5.41) is 0. The molecule has 10 heavy (non-hydrogen) atoms. The average molecular weight is 143 g/mol. The molecule has 0 aliphatic carbocycles. The minimum absolute atomic E-state index is 0.498. The van der Waals surface area contributed by atoms with Crippen molar-refractivity contribution >= 4 is 0 Å². The van der Waals surface area contributed by atoms with Crippen LogP contribution >= 0.6 is 0 Å². The van der Waals surface area contributed by atoms with Gasteiger partial charge in [0.15, 0.2) is 0 Å². The van der Waals surface area contributed by atoms with Crippen LogP contribution < -0.4 is 0 Å². The Hall–Kier alpha value is -0.0400. The van der Waals surface area contributed by atoms with Gasteiger partial charge in [0, 0.05) is 6.54 Å². The molecule has 0 aliphatic rings. The van der Waals surface area contributed by atoms with Gasteiger partial charge < -0.3 is 4.90 Å². The summed E-state index contributed by atoms with van der Waals surface area (Å²) >= 11 is 0. The molecule has 0 saturated carbocycles. The van der Waals surface area contributed by atoms with Crippen molar-refractivity contribution in [1.29, 1.82) is 0 Å². The summed E-state index contributed by atoms with van der Waals surface area (Å²) in [5.41, 5.74) is 0.498. The van der Waals surface area contributed by atoms with Gasteiger partial charge in [0.05, 0.1) is 0 Å². The molecule has 0 bridgehead atoms. The molecule has 0 unspecified atom stereocenters. The Morgan fingerprint density at radius 2 is 1.70 bits per heavy atom. The van der Waals surface area contributed by atoms with Crippen molar-refractivity contribution in [3.63, 3.8) is 0 Å². The third kappa shape index (κ3) is 4.80. The SMILES string of the molecule is CCCC(C)(C)CN(C)C. The predicted molar refractivity (Wildman–Crippen MR) is 47.2 cm³/mol. The molecule has 1 heteroatoms. The molecule has 0 aromatic heterocycles. The Morgan fingerprint density at radius 3 is 2.00 bits per heavy atom. The topological polar surface area (TPSA) is 3.24 Å². The third-order valence-electron chi connectivity index (χ3n) is 1.67. The molecule has 0 fully saturated rings. The standard InChI is InChI=1S/C9H21N/c1-6-7-9(2,3)8-10(4)5/h6-8H2,1-5H3. The minimum atomic E-state index is 0.498. The van der Waals surface area contributed by atoms with Crippen LogP contribution in [0, 0.1) is 5.41 Å². The van der Waals surface area contributed by atoms with Gasteiger partial charge in [-0.1, -0.05) is 27.2 Å². The van der Waals surface area contributed by atoms with Crippen molar-refractivity contribution < 1.29 is 0 Å². The van der Waals surface area contributed by atoms with Crippen LogP contribution in [0.1, 0.15) is 33.6 Å². The zero-order valence-corrected chi connectivity index (χ0v) is 8.07. The van der Waals surface area contributed by atoms with Crippen molar-refractivity contribution in [1.82, 2.24) is 4.90 Å². The quantitative estimate of drug-likeness (QED) is 0.584. The summed E-state index contributed by atoms with van der Waals surface area (Å²) in [6.45, 7) is 8.10. The molecule has 0 N–H and O–H groups in total. The average Bonchev–Trinajstić information content (AvgIpc) is 1.59. The molecule has 0 saturated heterocycles. The molecule has 0 aromatic carbocycles. The third-order valence-corrected chi connectivity index (χ3v) is 1.67. The van der Waals surface area contributed by atoms with Crippen LogP contribution in [0.2, 0.25) is 0 Å². The van der Waals surface area contributed by atoms with E-state index in [1.54, 1.807) is 0 Å². The maximum Gasteiger partial charge on any atom is 0.00266 e. The minimum Gasteiger partial charge on any atom is -0.309 e. The number of hydrogen-bond donors (Lipinski definition) is 0. The van der Waals surface area contributed by atoms with Gasteiger partial charge in [-0.05, 0) is 25.9 Å². The van der Waals surface area contributed by atoms with E-state index in [9.17, 15) is 0 Å². The summed E-state index contributed by atoms with van der Waals surface area (Å²) in [6, 6.07) is 0. The Labute approximate surface area is 65.4 Å². The number of hydrogen-bond acceptors (Lipinski definition) is 1. The lowest BCUT2D eigenvalue weighted by Gasteiger charge is -2.27. The second-order valence-electron chi connectivity index (χ2n) is 4.15. The lowest BCUT2D eigenvalue weighted by atomic mass is 9.88. The Morgan fingerprint density at radius 1 is 1.20 bits per heavy atom. The molecular weight excluding hydrogens is 122 g/mol. The van der Waals surface area contributed by atoms with Gasteiger partial charge in [-0.25, -0.2) is 0 Å². The van der Waals surface area contributed by atoms with Crippen LogP contribution in [0.25, 0.3) is 0 Å². The van der Waals surface area contributed by atoms with E-state index in [4.69, 9.17) is 0 Å². The molecule has 0 rings (SSSR count). The van der Waals surface area contributed by atoms with E-state index in [1.807, 2.05) is 0 Å². The van der Waals surface area contributed by atoms with Gasteiger partial charge in [-0.3, -0.25) is 0 Å². The summed E-state index contributed by atoms with van der Waals surface area (Å²) in [5.74, 6) is 0. The zero-order valence-electron chi connectivity index (χ0n) is 8.07. The van der Waals surface area contributed by atoms with E-state index in [0.717, 1.165) is 0 Å². The van der Waals surface area contributed by atoms with Crippen LogP contribution in [0.3, 0.4) is 0 Å². The van der Waals surface area contributed by atoms with Gasteiger partial charge in [0.25, 0.3) is 0 Å². The summed E-state index contributed by atoms with van der Waals surface area (Å²) < 4.78 is 0. The van der Waals surface area contributed by atoms with Crippen LogP contribution in [0.15, 0.2) is 0 Å². The molecule has 1 nitrogen and oxygen atoms in total. The molecule has 0 spiro atoms. The highest BCUT2D eigenvalue weighted by Crippen LogP contribution is 2.22. The largest absolute Gasteiger partial charge is 0.309 e. The van der Waals surface area contributed by atoms with Crippen LogP contribution in [-0.2, 0) is 0 Å². The van der Waals surface area contributed by atoms with Crippen molar-refractivity contribution in [2.24, 2.45) is 5.41 Å². The fourth-order valence-corrected chi connectivity index (χ4v) is 1.61. The van der Waals surface area contributed by atoms with Crippen LogP contribution in [0.4, 0.5) is 0 Å². The Balaban J connectivity index is 3.63. The highest BCUT2D eigenvalue weighted by Gasteiger charge is 2.16. The van der Waals surface area contributed by atoms with Gasteiger partial charge in [-0.2, -0.15) is 0 Å². The first-order valence-corrected chi connectivity index (χ1v) is 4.12. The van der Waals surface area contributed by atoms with E-state index in [0.29, 0.717) is 5.41 Å². The summed E-state index contributed by atoms with van der Waals surface area (Å²) in [6.07, 6.45) is 2.62. The monoisotopic (exact) mass is 143 g/mol. The van der Waals surface area contributed by atoms with E-state index >= 15 is 0 Å². The smallest absolute Gasteiger partial charge is 0.00266 e. The first kappa shape index (κ1) is 9.96. The molecule has 0 radical (unpaired) electrons. The summed E-state index contributed by atoms with van der Waals surface area (Å²) in [7, 11) is 4.27. The second kappa shape index (κ2) is 3.97. The highest BCUT2D eigenvalue weighted by molar-refractivity contribution is 4.69. The lowest BCUT2D eigenvalue weighted by Crippen LogP contribution is -2.28. The first-order chi connectivity index (χ1) is 4.48. The van der Waals surface area contributed by atoms with Crippen molar-refractivity contribution in [2.75, 3.05) is 20.6 Å². The van der Waals surface area contributed by atoms with Gasteiger partial charge >= 0.3 is 0 Å². The van der Waals surface area contributed by atoms with Gasteiger partial charge in [-0.15, -0.1) is 0 Å². The summed E-state index contributed by atoms with van der Waals surface area (Å²) in [4.78, 5) is 2.26. The highest BCUT2D eigenvalue weighted by atomic mass is 15.1. The fourth-order valence-electron chi connectivity index (χ4n) is 1.61. The lowest BCUT2D eigenvalue weighted by molar-refractivity contribution is 0.224. The van der Waals surface area contributed by atoms with E-state index in [2.05, 4.69) is 39.8 Å². The maximum absolute atomic E-state index is 2.33. The van der Waals surface area contributed by atoms with Crippen molar-refractivity contribution in [3.8, 4) is 0 Å². The molecule has 0 aromatic rings. The first-order valence-electron chi connectivity index (χ1n) is 4.12. The van der Waals surface area contributed by atoms with Crippen molar-refractivity contribution in [3.05, 3.63) is 0 Å². The Bertz CT molecular complexity index is 84.7. The number of nitrogens with zero attached hydrogens (tertiary/aromatic N) is 1. The predicted octanol–water partition coefficient (Wildman–Crippen LogP) is 2.37. The molecule has 0 atom stereocenters. The molecule has 0 amide bonds. The number of rotatable bonds is 4. The van der Waals surface area contributed by atoms with Crippen molar-refractivity contribution in [2.45, 2.75) is 33.6 Å². The molecule has 62 valence electrons.